The van der Waals surface area contributed by atoms with E-state index in [0.29, 0.717) is 18.2 Å². The maximum atomic E-state index is 11.3. The zero-order valence-electron chi connectivity index (χ0n) is 16.4. The SMILES string of the molecule is CCCCCCCCc1cnc(-c2ccc(OCC(=O)OCC)cc2)nc1. The first kappa shape index (κ1) is 20.9. The average Bonchev–Trinajstić information content (AvgIpc) is 2.70. The van der Waals surface area contributed by atoms with E-state index >= 15 is 0 Å². The van der Waals surface area contributed by atoms with Crippen LogP contribution in [0.2, 0.25) is 0 Å². The summed E-state index contributed by atoms with van der Waals surface area (Å²) in [5, 5.41) is 0. The topological polar surface area (TPSA) is 61.3 Å². The molecule has 0 unspecified atom stereocenters. The van der Waals surface area contributed by atoms with Gasteiger partial charge in [0, 0.05) is 18.0 Å². The quantitative estimate of drug-likeness (QED) is 0.389. The molecule has 2 rings (SSSR count). The predicted octanol–water partition coefficient (Wildman–Crippen LogP) is 4.99. The number of carbonyl (C=O) groups excluding carboxylic acids is 1. The van der Waals surface area contributed by atoms with Crippen molar-refractivity contribution < 1.29 is 14.3 Å². The first-order valence-electron chi connectivity index (χ1n) is 9.92. The van der Waals surface area contributed by atoms with Crippen molar-refractivity contribution in [2.75, 3.05) is 13.2 Å². The zero-order valence-corrected chi connectivity index (χ0v) is 16.4. The van der Waals surface area contributed by atoms with Crippen molar-refractivity contribution in [2.45, 2.75) is 58.8 Å². The lowest BCUT2D eigenvalue weighted by atomic mass is 10.1. The van der Waals surface area contributed by atoms with Gasteiger partial charge in [0.15, 0.2) is 12.4 Å². The molecule has 1 heterocycles. The molecule has 0 aliphatic carbocycles. The molecule has 0 saturated heterocycles. The summed E-state index contributed by atoms with van der Waals surface area (Å²) in [6.45, 7) is 4.28. The predicted molar refractivity (Wildman–Crippen MR) is 107 cm³/mol. The van der Waals surface area contributed by atoms with E-state index in [-0.39, 0.29) is 12.6 Å². The summed E-state index contributed by atoms with van der Waals surface area (Å²) in [4.78, 5) is 20.3. The average molecular weight is 370 g/mol. The Hall–Kier alpha value is -2.43. The van der Waals surface area contributed by atoms with Crippen molar-refractivity contribution >= 4 is 5.97 Å². The molecule has 5 nitrogen and oxygen atoms in total. The van der Waals surface area contributed by atoms with E-state index in [2.05, 4.69) is 16.9 Å². The normalized spacial score (nSPS) is 10.6. The van der Waals surface area contributed by atoms with Crippen molar-refractivity contribution in [3.05, 3.63) is 42.2 Å². The number of aromatic nitrogens is 2. The van der Waals surface area contributed by atoms with Gasteiger partial charge in [-0.25, -0.2) is 14.8 Å². The van der Waals surface area contributed by atoms with E-state index in [1.54, 1.807) is 6.92 Å². The van der Waals surface area contributed by atoms with Gasteiger partial charge in [-0.15, -0.1) is 0 Å². The number of hydrogen-bond donors (Lipinski definition) is 0. The van der Waals surface area contributed by atoms with E-state index < -0.39 is 0 Å². The van der Waals surface area contributed by atoms with Crippen molar-refractivity contribution in [3.63, 3.8) is 0 Å². The largest absolute Gasteiger partial charge is 0.482 e. The van der Waals surface area contributed by atoms with E-state index in [1.165, 1.54) is 44.1 Å². The number of carbonyl (C=O) groups is 1. The Morgan fingerprint density at radius 3 is 2.26 bits per heavy atom. The van der Waals surface area contributed by atoms with Crippen LogP contribution in [0.25, 0.3) is 11.4 Å². The third-order valence-electron chi connectivity index (χ3n) is 4.30. The van der Waals surface area contributed by atoms with E-state index in [9.17, 15) is 4.79 Å². The van der Waals surface area contributed by atoms with Crippen LogP contribution in [0.4, 0.5) is 0 Å². The van der Waals surface area contributed by atoms with E-state index in [1.807, 2.05) is 36.7 Å². The molecule has 0 saturated carbocycles. The minimum absolute atomic E-state index is 0.0865. The first-order valence-corrected chi connectivity index (χ1v) is 9.92. The molecule has 2 aromatic rings. The van der Waals surface area contributed by atoms with Crippen LogP contribution in [-0.4, -0.2) is 29.2 Å². The van der Waals surface area contributed by atoms with Gasteiger partial charge in [0.2, 0.25) is 0 Å². The molecule has 0 amide bonds. The van der Waals surface area contributed by atoms with Crippen molar-refractivity contribution in [2.24, 2.45) is 0 Å². The Bertz CT molecular complexity index is 669. The number of hydrogen-bond acceptors (Lipinski definition) is 5. The van der Waals surface area contributed by atoms with Crippen molar-refractivity contribution in [1.29, 1.82) is 0 Å². The Morgan fingerprint density at radius 2 is 1.59 bits per heavy atom. The molecular formula is C22H30N2O3. The third-order valence-corrected chi connectivity index (χ3v) is 4.30. The van der Waals surface area contributed by atoms with Gasteiger partial charge in [0.1, 0.15) is 5.75 Å². The molecule has 0 atom stereocenters. The lowest BCUT2D eigenvalue weighted by Crippen LogP contribution is -2.14. The molecule has 1 aromatic heterocycles. The highest BCUT2D eigenvalue weighted by atomic mass is 16.6. The highest BCUT2D eigenvalue weighted by Gasteiger charge is 2.05. The van der Waals surface area contributed by atoms with Crippen LogP contribution in [0.5, 0.6) is 5.75 Å². The monoisotopic (exact) mass is 370 g/mol. The molecule has 1 aromatic carbocycles. The summed E-state index contributed by atoms with van der Waals surface area (Å²) in [6, 6.07) is 7.40. The van der Waals surface area contributed by atoms with Crippen LogP contribution in [0.1, 0.15) is 57.9 Å². The lowest BCUT2D eigenvalue weighted by molar-refractivity contribution is -0.145. The fourth-order valence-electron chi connectivity index (χ4n) is 2.79. The molecule has 0 aliphatic heterocycles. The second kappa shape index (κ2) is 12.0. The van der Waals surface area contributed by atoms with Crippen LogP contribution in [0, 0.1) is 0 Å². The molecule has 0 spiro atoms. The van der Waals surface area contributed by atoms with Crippen LogP contribution in [0.15, 0.2) is 36.7 Å². The Labute approximate surface area is 162 Å². The number of aryl methyl sites for hydroxylation is 1. The van der Waals surface area contributed by atoms with Gasteiger partial charge in [0.25, 0.3) is 0 Å². The summed E-state index contributed by atoms with van der Waals surface area (Å²) >= 11 is 0. The molecule has 5 heteroatoms. The number of benzene rings is 1. The number of nitrogens with zero attached hydrogens (tertiary/aromatic N) is 2. The Balaban J connectivity index is 1.79. The minimum atomic E-state index is -0.370. The number of rotatable bonds is 12. The smallest absolute Gasteiger partial charge is 0.344 e. The fraction of sp³-hybridized carbons (Fsp3) is 0.500. The van der Waals surface area contributed by atoms with E-state index in [0.717, 1.165) is 12.0 Å². The molecular weight excluding hydrogens is 340 g/mol. The molecule has 0 bridgehead atoms. The van der Waals surface area contributed by atoms with Gasteiger partial charge in [-0.05, 0) is 49.6 Å². The van der Waals surface area contributed by atoms with Crippen LogP contribution >= 0.6 is 0 Å². The van der Waals surface area contributed by atoms with Crippen molar-refractivity contribution in [1.82, 2.24) is 9.97 Å². The molecule has 0 N–H and O–H groups in total. The summed E-state index contributed by atoms with van der Waals surface area (Å²) in [6.07, 6.45) is 12.6. The minimum Gasteiger partial charge on any atom is -0.482 e. The third kappa shape index (κ3) is 7.77. The highest BCUT2D eigenvalue weighted by Crippen LogP contribution is 2.19. The summed E-state index contributed by atoms with van der Waals surface area (Å²) in [5.74, 6) is 0.941. The highest BCUT2D eigenvalue weighted by molar-refractivity contribution is 5.71. The van der Waals surface area contributed by atoms with Crippen LogP contribution in [0.3, 0.4) is 0 Å². The second-order valence-corrected chi connectivity index (χ2v) is 6.55. The molecule has 0 fully saturated rings. The van der Waals surface area contributed by atoms with Crippen LogP contribution < -0.4 is 4.74 Å². The summed E-state index contributed by atoms with van der Waals surface area (Å²) < 4.78 is 10.2. The standard InChI is InChI=1S/C22H30N2O3/c1-3-5-6-7-8-9-10-18-15-23-22(24-16-18)19-11-13-20(14-12-19)27-17-21(25)26-4-2/h11-16H,3-10,17H2,1-2H3. The summed E-state index contributed by atoms with van der Waals surface area (Å²) in [7, 11) is 0. The van der Waals surface area contributed by atoms with Gasteiger partial charge in [0.05, 0.1) is 6.61 Å². The van der Waals surface area contributed by atoms with E-state index in [4.69, 9.17) is 9.47 Å². The maximum absolute atomic E-state index is 11.3. The van der Waals surface area contributed by atoms with Gasteiger partial charge in [-0.3, -0.25) is 0 Å². The maximum Gasteiger partial charge on any atom is 0.344 e. The Morgan fingerprint density at radius 1 is 0.926 bits per heavy atom. The van der Waals surface area contributed by atoms with Gasteiger partial charge < -0.3 is 9.47 Å². The number of ether oxygens (including phenoxy) is 2. The van der Waals surface area contributed by atoms with Gasteiger partial charge in [-0.1, -0.05) is 39.0 Å². The molecule has 0 aliphatic rings. The second-order valence-electron chi connectivity index (χ2n) is 6.55. The van der Waals surface area contributed by atoms with Crippen molar-refractivity contribution in [3.8, 4) is 17.1 Å². The molecule has 146 valence electrons. The number of unbranched alkanes of at least 4 members (excludes halogenated alkanes) is 5. The zero-order chi connectivity index (χ0) is 19.3. The first-order chi connectivity index (χ1) is 13.2. The van der Waals surface area contributed by atoms with Crippen LogP contribution in [-0.2, 0) is 16.0 Å². The fourth-order valence-corrected chi connectivity index (χ4v) is 2.79. The Kier molecular flexibility index (Phi) is 9.31. The van der Waals surface area contributed by atoms with Gasteiger partial charge in [-0.2, -0.15) is 0 Å². The molecule has 0 radical (unpaired) electrons. The van der Waals surface area contributed by atoms with Gasteiger partial charge >= 0.3 is 5.97 Å². The lowest BCUT2D eigenvalue weighted by Gasteiger charge is -2.07. The molecule has 27 heavy (non-hydrogen) atoms. The summed E-state index contributed by atoms with van der Waals surface area (Å²) in [5.41, 5.74) is 2.10. The number of esters is 1.